The fourth-order valence-electron chi connectivity index (χ4n) is 3.60. The summed E-state index contributed by atoms with van der Waals surface area (Å²) in [4.78, 5) is 21.1. The number of amides is 1. The molecule has 1 fully saturated rings. The van der Waals surface area contributed by atoms with Gasteiger partial charge in [0.2, 0.25) is 5.91 Å². The summed E-state index contributed by atoms with van der Waals surface area (Å²) in [5, 5.41) is 3.04. The third kappa shape index (κ3) is 5.53. The second kappa shape index (κ2) is 9.49. The zero-order valence-electron chi connectivity index (χ0n) is 16.6. The average molecular weight is 390 g/mol. The average Bonchev–Trinajstić information content (AvgIpc) is 3.30. The summed E-state index contributed by atoms with van der Waals surface area (Å²) in [5.41, 5.74) is 3.50. The summed E-state index contributed by atoms with van der Waals surface area (Å²) in [5.74, 6) is 0.0835. The molecule has 0 saturated carbocycles. The molecule has 0 atom stereocenters. The third-order valence-electron chi connectivity index (χ3n) is 5.31. The van der Waals surface area contributed by atoms with E-state index in [2.05, 4.69) is 44.4 Å². The van der Waals surface area contributed by atoms with Crippen LogP contribution in [0.2, 0.25) is 0 Å². The summed E-state index contributed by atoms with van der Waals surface area (Å²) in [6.07, 6.45) is 5.45. The Bertz CT molecular complexity index is 885. The number of hydrogen-bond donors (Lipinski definition) is 1. The molecule has 0 spiro atoms. The predicted octanol–water partition coefficient (Wildman–Crippen LogP) is 2.31. The largest absolute Gasteiger partial charge is 0.351 e. The van der Waals surface area contributed by atoms with Gasteiger partial charge in [-0.25, -0.2) is 4.98 Å². The van der Waals surface area contributed by atoms with Crippen molar-refractivity contribution in [1.82, 2.24) is 24.7 Å². The smallest absolute Gasteiger partial charge is 0.234 e. The van der Waals surface area contributed by atoms with Crippen molar-refractivity contribution in [2.24, 2.45) is 0 Å². The first kappa shape index (κ1) is 19.4. The van der Waals surface area contributed by atoms with Crippen LogP contribution in [0.25, 0.3) is 5.69 Å². The lowest BCUT2D eigenvalue weighted by molar-refractivity contribution is -0.122. The molecular formula is C23H27N5O. The van der Waals surface area contributed by atoms with Gasteiger partial charge in [0.15, 0.2) is 0 Å². The Kier molecular flexibility index (Phi) is 6.34. The van der Waals surface area contributed by atoms with Crippen LogP contribution in [0, 0.1) is 0 Å². The van der Waals surface area contributed by atoms with Gasteiger partial charge in [0.05, 0.1) is 12.9 Å². The van der Waals surface area contributed by atoms with Gasteiger partial charge < -0.3 is 9.88 Å². The van der Waals surface area contributed by atoms with Crippen molar-refractivity contribution in [3.8, 4) is 5.69 Å². The van der Waals surface area contributed by atoms with E-state index in [1.54, 1.807) is 12.5 Å². The van der Waals surface area contributed by atoms with Crippen molar-refractivity contribution in [1.29, 1.82) is 0 Å². The van der Waals surface area contributed by atoms with Crippen molar-refractivity contribution in [3.63, 3.8) is 0 Å². The molecule has 1 N–H and O–H groups in total. The van der Waals surface area contributed by atoms with Gasteiger partial charge in [-0.3, -0.25) is 14.6 Å². The maximum atomic E-state index is 12.3. The maximum Gasteiger partial charge on any atom is 0.234 e. The van der Waals surface area contributed by atoms with Crippen LogP contribution in [0.5, 0.6) is 0 Å². The van der Waals surface area contributed by atoms with Gasteiger partial charge in [-0.05, 0) is 23.3 Å². The van der Waals surface area contributed by atoms with E-state index >= 15 is 0 Å². The Morgan fingerprint density at radius 2 is 1.62 bits per heavy atom. The molecule has 0 unspecified atom stereocenters. The number of aromatic nitrogens is 2. The van der Waals surface area contributed by atoms with E-state index in [4.69, 9.17) is 0 Å². The Hall–Kier alpha value is -2.96. The SMILES string of the molecule is O=C(CN1CCN(Cc2ccccc2)CC1)NCc1ccc(-n2ccnc2)cc1. The fourth-order valence-corrected chi connectivity index (χ4v) is 3.60. The van der Waals surface area contributed by atoms with Crippen LogP contribution in [0.15, 0.2) is 73.3 Å². The molecule has 29 heavy (non-hydrogen) atoms. The Labute approximate surface area is 171 Å². The van der Waals surface area contributed by atoms with E-state index in [9.17, 15) is 4.79 Å². The van der Waals surface area contributed by atoms with E-state index in [0.717, 1.165) is 44.0 Å². The highest BCUT2D eigenvalue weighted by atomic mass is 16.2. The van der Waals surface area contributed by atoms with Gasteiger partial charge in [0.25, 0.3) is 0 Å². The molecule has 1 amide bonds. The normalized spacial score (nSPS) is 15.3. The van der Waals surface area contributed by atoms with Gasteiger partial charge >= 0.3 is 0 Å². The van der Waals surface area contributed by atoms with Crippen molar-refractivity contribution < 1.29 is 4.79 Å². The zero-order valence-corrected chi connectivity index (χ0v) is 16.6. The molecule has 0 bridgehead atoms. The summed E-state index contributed by atoms with van der Waals surface area (Å²) in [6.45, 7) is 5.86. The highest BCUT2D eigenvalue weighted by molar-refractivity contribution is 5.78. The topological polar surface area (TPSA) is 53.4 Å². The number of nitrogens with one attached hydrogen (secondary N) is 1. The maximum absolute atomic E-state index is 12.3. The number of hydrogen-bond acceptors (Lipinski definition) is 4. The van der Waals surface area contributed by atoms with Crippen LogP contribution in [0.4, 0.5) is 0 Å². The zero-order chi connectivity index (χ0) is 19.9. The second-order valence-electron chi connectivity index (χ2n) is 7.45. The number of carbonyl (C=O) groups excluding carboxylic acids is 1. The Morgan fingerprint density at radius 3 is 2.31 bits per heavy atom. The summed E-state index contributed by atoms with van der Waals surface area (Å²) in [7, 11) is 0. The lowest BCUT2D eigenvalue weighted by Crippen LogP contribution is -2.49. The molecule has 6 heteroatoms. The molecule has 1 aromatic heterocycles. The van der Waals surface area contributed by atoms with Crippen molar-refractivity contribution in [2.45, 2.75) is 13.1 Å². The molecule has 2 aromatic carbocycles. The molecule has 6 nitrogen and oxygen atoms in total. The number of rotatable bonds is 7. The minimum Gasteiger partial charge on any atom is -0.351 e. The molecule has 1 aliphatic heterocycles. The molecule has 3 aromatic rings. The minimum atomic E-state index is 0.0835. The molecule has 1 saturated heterocycles. The molecule has 4 rings (SSSR count). The summed E-state index contributed by atoms with van der Waals surface area (Å²) in [6, 6.07) is 18.7. The minimum absolute atomic E-state index is 0.0835. The first-order valence-corrected chi connectivity index (χ1v) is 10.1. The van der Waals surface area contributed by atoms with Crippen LogP contribution < -0.4 is 5.32 Å². The molecule has 150 valence electrons. The van der Waals surface area contributed by atoms with E-state index < -0.39 is 0 Å². The second-order valence-corrected chi connectivity index (χ2v) is 7.45. The van der Waals surface area contributed by atoms with E-state index in [-0.39, 0.29) is 5.91 Å². The van der Waals surface area contributed by atoms with E-state index in [0.29, 0.717) is 13.1 Å². The van der Waals surface area contributed by atoms with Crippen LogP contribution in [-0.2, 0) is 17.9 Å². The Morgan fingerprint density at radius 1 is 0.897 bits per heavy atom. The first-order valence-electron chi connectivity index (χ1n) is 10.1. The molecule has 1 aliphatic rings. The lowest BCUT2D eigenvalue weighted by atomic mass is 10.2. The van der Waals surface area contributed by atoms with Crippen LogP contribution >= 0.6 is 0 Å². The number of nitrogens with zero attached hydrogens (tertiary/aromatic N) is 4. The van der Waals surface area contributed by atoms with Crippen molar-refractivity contribution in [3.05, 3.63) is 84.4 Å². The van der Waals surface area contributed by atoms with E-state index in [1.165, 1.54) is 5.56 Å². The lowest BCUT2D eigenvalue weighted by Gasteiger charge is -2.34. The fraction of sp³-hybridized carbons (Fsp3) is 0.304. The van der Waals surface area contributed by atoms with Gasteiger partial charge in [0.1, 0.15) is 0 Å². The van der Waals surface area contributed by atoms with E-state index in [1.807, 2.05) is 41.1 Å². The third-order valence-corrected chi connectivity index (χ3v) is 5.31. The highest BCUT2D eigenvalue weighted by Gasteiger charge is 2.18. The summed E-state index contributed by atoms with van der Waals surface area (Å²) < 4.78 is 1.96. The van der Waals surface area contributed by atoms with Crippen LogP contribution in [-0.4, -0.2) is 58.0 Å². The molecule has 0 radical (unpaired) electrons. The predicted molar refractivity (Wildman–Crippen MR) is 114 cm³/mol. The highest BCUT2D eigenvalue weighted by Crippen LogP contribution is 2.10. The Balaban J connectivity index is 1.18. The van der Waals surface area contributed by atoms with Gasteiger partial charge in [-0.15, -0.1) is 0 Å². The van der Waals surface area contributed by atoms with Crippen LogP contribution in [0.1, 0.15) is 11.1 Å². The van der Waals surface area contributed by atoms with Crippen molar-refractivity contribution in [2.75, 3.05) is 32.7 Å². The molecule has 2 heterocycles. The van der Waals surface area contributed by atoms with Gasteiger partial charge in [-0.2, -0.15) is 0 Å². The van der Waals surface area contributed by atoms with Crippen molar-refractivity contribution >= 4 is 5.91 Å². The standard InChI is InChI=1S/C23H27N5O/c29-23(25-16-20-6-8-22(9-7-20)28-11-10-24-19-28)18-27-14-12-26(13-15-27)17-21-4-2-1-3-5-21/h1-11,19H,12-18H2,(H,25,29). The van der Waals surface area contributed by atoms with Gasteiger partial charge in [0, 0.05) is 57.3 Å². The summed E-state index contributed by atoms with van der Waals surface area (Å²) >= 11 is 0. The first-order chi connectivity index (χ1) is 14.3. The number of carbonyl (C=O) groups is 1. The molecule has 0 aliphatic carbocycles. The van der Waals surface area contributed by atoms with Gasteiger partial charge in [-0.1, -0.05) is 42.5 Å². The number of piperazine rings is 1. The number of benzene rings is 2. The number of imidazole rings is 1. The monoisotopic (exact) mass is 389 g/mol. The quantitative estimate of drug-likeness (QED) is 0.674. The van der Waals surface area contributed by atoms with Crippen LogP contribution in [0.3, 0.4) is 0 Å². The molecular weight excluding hydrogens is 362 g/mol.